The fraction of sp³-hybridized carbons (Fsp3) is 0.619. The van der Waals surface area contributed by atoms with Gasteiger partial charge in [0.25, 0.3) is 0 Å². The van der Waals surface area contributed by atoms with Gasteiger partial charge in [0.1, 0.15) is 5.82 Å². The van der Waals surface area contributed by atoms with Crippen LogP contribution >= 0.6 is 11.6 Å². The monoisotopic (exact) mass is 381 g/mol. The van der Waals surface area contributed by atoms with Crippen molar-refractivity contribution in [3.8, 4) is 0 Å². The summed E-state index contributed by atoms with van der Waals surface area (Å²) in [5, 5.41) is 10.6. The van der Waals surface area contributed by atoms with Crippen molar-refractivity contribution in [2.45, 2.75) is 39.3 Å². The molecule has 1 aromatic rings. The minimum absolute atomic E-state index is 0.281. The smallest absolute Gasteiger partial charge is 0.129 e. The summed E-state index contributed by atoms with van der Waals surface area (Å²) in [6.45, 7) is 6.32. The second-order valence-corrected chi connectivity index (χ2v) is 8.79. The highest BCUT2D eigenvalue weighted by molar-refractivity contribution is 6.31. The summed E-state index contributed by atoms with van der Waals surface area (Å²) in [7, 11) is 1.84. The predicted octanol–water partition coefficient (Wildman–Crippen LogP) is 4.28. The summed E-state index contributed by atoms with van der Waals surface area (Å²) in [6.07, 6.45) is 4.13. The SMILES string of the molecule is CN(Cc1c(F)cccc1Cl)C[C@@H](O)COCC1=CC[C@@H]2C[C@H]1C2(C)C. The third-order valence-electron chi connectivity index (χ3n) is 6.17. The van der Waals surface area contributed by atoms with Gasteiger partial charge in [0.15, 0.2) is 0 Å². The molecule has 0 aromatic heterocycles. The van der Waals surface area contributed by atoms with E-state index in [0.717, 1.165) is 12.3 Å². The van der Waals surface area contributed by atoms with E-state index in [0.29, 0.717) is 41.6 Å². The van der Waals surface area contributed by atoms with Gasteiger partial charge in [-0.15, -0.1) is 0 Å². The Hall–Kier alpha value is -0.940. The van der Waals surface area contributed by atoms with Gasteiger partial charge in [-0.05, 0) is 54.8 Å². The molecular weight excluding hydrogens is 353 g/mol. The van der Waals surface area contributed by atoms with Crippen molar-refractivity contribution in [1.29, 1.82) is 0 Å². The van der Waals surface area contributed by atoms with Gasteiger partial charge in [-0.3, -0.25) is 4.90 Å². The van der Waals surface area contributed by atoms with E-state index in [1.807, 2.05) is 11.9 Å². The highest BCUT2D eigenvalue weighted by atomic mass is 35.5. The Morgan fingerprint density at radius 3 is 2.85 bits per heavy atom. The van der Waals surface area contributed by atoms with E-state index in [-0.39, 0.29) is 12.4 Å². The zero-order valence-electron chi connectivity index (χ0n) is 15.8. The van der Waals surface area contributed by atoms with Crippen LogP contribution in [0.5, 0.6) is 0 Å². The minimum Gasteiger partial charge on any atom is -0.389 e. The third-order valence-corrected chi connectivity index (χ3v) is 6.53. The number of hydrogen-bond donors (Lipinski definition) is 1. The molecule has 0 amide bonds. The quantitative estimate of drug-likeness (QED) is 0.682. The first-order valence-electron chi connectivity index (χ1n) is 9.35. The highest BCUT2D eigenvalue weighted by Crippen LogP contribution is 2.59. The van der Waals surface area contributed by atoms with Gasteiger partial charge in [0.2, 0.25) is 0 Å². The number of likely N-dealkylation sites (N-methyl/N-ethyl adjacent to an activating group) is 1. The summed E-state index contributed by atoms with van der Waals surface area (Å²) in [6, 6.07) is 4.67. The van der Waals surface area contributed by atoms with Crippen LogP contribution in [0, 0.1) is 23.1 Å². The molecule has 1 saturated carbocycles. The van der Waals surface area contributed by atoms with Gasteiger partial charge >= 0.3 is 0 Å². The zero-order chi connectivity index (χ0) is 18.9. The second kappa shape index (κ2) is 7.97. The molecule has 1 N–H and O–H groups in total. The van der Waals surface area contributed by atoms with Crippen molar-refractivity contribution in [1.82, 2.24) is 4.90 Å². The predicted molar refractivity (Wildman–Crippen MR) is 103 cm³/mol. The number of rotatable bonds is 8. The molecule has 3 nitrogen and oxygen atoms in total. The lowest BCUT2D eigenvalue weighted by atomic mass is 9.49. The fourth-order valence-corrected chi connectivity index (χ4v) is 4.61. The summed E-state index contributed by atoms with van der Waals surface area (Å²) >= 11 is 6.06. The maximum Gasteiger partial charge on any atom is 0.129 e. The van der Waals surface area contributed by atoms with Crippen LogP contribution in [-0.4, -0.2) is 42.9 Å². The van der Waals surface area contributed by atoms with Gasteiger partial charge in [0.05, 0.1) is 19.3 Å². The first-order chi connectivity index (χ1) is 12.3. The van der Waals surface area contributed by atoms with Gasteiger partial charge in [-0.25, -0.2) is 4.39 Å². The van der Waals surface area contributed by atoms with Crippen molar-refractivity contribution in [2.75, 3.05) is 26.8 Å². The largest absolute Gasteiger partial charge is 0.389 e. The van der Waals surface area contributed by atoms with Crippen LogP contribution in [-0.2, 0) is 11.3 Å². The molecule has 1 aromatic carbocycles. The molecule has 1 fully saturated rings. The fourth-order valence-electron chi connectivity index (χ4n) is 4.38. The lowest BCUT2D eigenvalue weighted by Crippen LogP contribution is -2.48. The Labute approximate surface area is 160 Å². The number of aliphatic hydroxyl groups is 1. The van der Waals surface area contributed by atoms with Crippen molar-refractivity contribution >= 4 is 11.6 Å². The molecule has 3 atom stereocenters. The van der Waals surface area contributed by atoms with Gasteiger partial charge < -0.3 is 9.84 Å². The lowest BCUT2D eigenvalue weighted by Gasteiger charge is -2.56. The summed E-state index contributed by atoms with van der Waals surface area (Å²) < 4.78 is 19.6. The molecule has 26 heavy (non-hydrogen) atoms. The van der Waals surface area contributed by atoms with E-state index in [1.54, 1.807) is 12.1 Å². The van der Waals surface area contributed by atoms with Gasteiger partial charge in [-0.1, -0.05) is 37.6 Å². The van der Waals surface area contributed by atoms with Crippen molar-refractivity contribution in [2.24, 2.45) is 17.3 Å². The second-order valence-electron chi connectivity index (χ2n) is 8.39. The highest BCUT2D eigenvalue weighted by Gasteiger charge is 2.50. The van der Waals surface area contributed by atoms with E-state index in [4.69, 9.17) is 16.3 Å². The summed E-state index contributed by atoms with van der Waals surface area (Å²) in [5.41, 5.74) is 2.24. The van der Waals surface area contributed by atoms with Crippen molar-refractivity contribution < 1.29 is 14.2 Å². The molecular formula is C21H29ClFNO2. The maximum atomic E-state index is 13.9. The van der Waals surface area contributed by atoms with Gasteiger partial charge in [0, 0.05) is 23.7 Å². The number of aliphatic hydroxyl groups excluding tert-OH is 1. The van der Waals surface area contributed by atoms with Crippen LogP contribution in [0.2, 0.25) is 5.02 Å². The molecule has 144 valence electrons. The van der Waals surface area contributed by atoms with Crippen LogP contribution < -0.4 is 0 Å². The number of benzene rings is 1. The van der Waals surface area contributed by atoms with Crippen LogP contribution in [0.15, 0.2) is 29.8 Å². The van der Waals surface area contributed by atoms with Crippen LogP contribution in [0.4, 0.5) is 4.39 Å². The molecule has 0 heterocycles. The number of fused-ring (bicyclic) bond motifs is 1. The number of allylic oxidation sites excluding steroid dienone is 1. The zero-order valence-corrected chi connectivity index (χ0v) is 16.6. The minimum atomic E-state index is -0.614. The van der Waals surface area contributed by atoms with Gasteiger partial charge in [-0.2, -0.15) is 0 Å². The molecule has 3 aliphatic rings. The van der Waals surface area contributed by atoms with E-state index >= 15 is 0 Å². The molecule has 0 aliphatic heterocycles. The molecule has 2 bridgehead atoms. The van der Waals surface area contributed by atoms with Crippen molar-refractivity contribution in [3.05, 3.63) is 46.3 Å². The summed E-state index contributed by atoms with van der Waals surface area (Å²) in [5.74, 6) is 1.13. The number of hydrogen-bond acceptors (Lipinski definition) is 3. The average molecular weight is 382 g/mol. The maximum absolute atomic E-state index is 13.9. The Kier molecular flexibility index (Phi) is 6.07. The average Bonchev–Trinajstić information content (AvgIpc) is 2.58. The third kappa shape index (κ3) is 4.14. The molecule has 0 radical (unpaired) electrons. The molecule has 4 rings (SSSR count). The number of nitrogens with zero attached hydrogens (tertiary/aromatic N) is 1. The first-order valence-corrected chi connectivity index (χ1v) is 9.73. The molecule has 3 aliphatic carbocycles. The van der Waals surface area contributed by atoms with E-state index in [1.165, 1.54) is 18.1 Å². The topological polar surface area (TPSA) is 32.7 Å². The van der Waals surface area contributed by atoms with E-state index in [2.05, 4.69) is 19.9 Å². The standard InChI is InChI=1S/C21H29ClFNO2/c1-21(2)15-8-7-14(18(21)9-15)12-26-13-16(25)10-24(3)11-17-19(22)5-4-6-20(17)23/h4-7,15-16,18,25H,8-13H2,1-3H3/t15-,16-,18-/m1/s1. The van der Waals surface area contributed by atoms with Crippen LogP contribution in [0.1, 0.15) is 32.3 Å². The molecule has 5 heteroatoms. The molecule has 0 saturated heterocycles. The molecule has 0 spiro atoms. The Morgan fingerprint density at radius 1 is 1.42 bits per heavy atom. The van der Waals surface area contributed by atoms with E-state index in [9.17, 15) is 9.50 Å². The van der Waals surface area contributed by atoms with Crippen molar-refractivity contribution in [3.63, 3.8) is 0 Å². The Balaban J connectivity index is 1.42. The number of halogens is 2. The van der Waals surface area contributed by atoms with E-state index < -0.39 is 6.10 Å². The Morgan fingerprint density at radius 2 is 2.19 bits per heavy atom. The summed E-state index contributed by atoms with van der Waals surface area (Å²) in [4.78, 5) is 1.86. The normalized spacial score (nSPS) is 25.0. The molecule has 0 unspecified atom stereocenters. The number of ether oxygens (including phenoxy) is 1. The first kappa shape index (κ1) is 19.8. The van der Waals surface area contributed by atoms with Crippen LogP contribution in [0.25, 0.3) is 0 Å². The lowest BCUT2D eigenvalue weighted by molar-refractivity contribution is -0.0257. The Bertz CT molecular complexity index is 656. The van der Waals surface area contributed by atoms with Crippen LogP contribution in [0.3, 0.4) is 0 Å².